The van der Waals surface area contributed by atoms with Crippen molar-refractivity contribution >= 4 is 5.91 Å². The summed E-state index contributed by atoms with van der Waals surface area (Å²) in [5.41, 5.74) is 3.22. The van der Waals surface area contributed by atoms with E-state index in [1.54, 1.807) is 0 Å². The molecule has 0 aliphatic heterocycles. The topological polar surface area (TPSA) is 34.0 Å². The predicted molar refractivity (Wildman–Crippen MR) is 83.2 cm³/mol. The van der Waals surface area contributed by atoms with Gasteiger partial charge in [0.1, 0.15) is 0 Å². The van der Waals surface area contributed by atoms with E-state index in [1.807, 2.05) is 0 Å². The zero-order valence-electron chi connectivity index (χ0n) is 13.3. The lowest BCUT2D eigenvalue weighted by Crippen LogP contribution is -2.27. The van der Waals surface area contributed by atoms with Gasteiger partial charge in [-0.05, 0) is 38.7 Å². The molecule has 0 unspecified atom stereocenters. The molecule has 1 saturated carbocycles. The minimum Gasteiger partial charge on any atom is -0.352 e. The molecular formula is C17H28N2O. The number of carbonyl (C=O) groups is 1. The van der Waals surface area contributed by atoms with Crippen LogP contribution in [0.2, 0.25) is 0 Å². The zero-order chi connectivity index (χ0) is 14.7. The van der Waals surface area contributed by atoms with E-state index in [4.69, 9.17) is 0 Å². The first-order valence-electron chi connectivity index (χ1n) is 7.97. The Bertz CT molecular complexity index is 468. The second-order valence-corrected chi connectivity index (χ2v) is 6.55. The fourth-order valence-corrected chi connectivity index (χ4v) is 3.30. The molecule has 1 heterocycles. The fraction of sp³-hybridized carbons (Fsp3) is 0.706. The molecule has 1 fully saturated rings. The highest BCUT2D eigenvalue weighted by Gasteiger charge is 2.22. The molecule has 1 N–H and O–H groups in total. The third kappa shape index (κ3) is 3.25. The first-order chi connectivity index (χ1) is 9.50. The van der Waals surface area contributed by atoms with Crippen LogP contribution < -0.4 is 5.32 Å². The molecule has 0 aromatic carbocycles. The van der Waals surface area contributed by atoms with Crippen LogP contribution in [0.5, 0.6) is 0 Å². The molecule has 0 atom stereocenters. The van der Waals surface area contributed by atoms with Gasteiger partial charge in [0.05, 0.1) is 5.56 Å². The molecule has 0 radical (unpaired) electrons. The van der Waals surface area contributed by atoms with Crippen molar-refractivity contribution in [3.63, 3.8) is 0 Å². The first kappa shape index (κ1) is 15.1. The normalized spacial score (nSPS) is 16.6. The van der Waals surface area contributed by atoms with Gasteiger partial charge in [-0.15, -0.1) is 0 Å². The molecule has 0 bridgehead atoms. The lowest BCUT2D eigenvalue weighted by molar-refractivity contribution is 0.0948. The summed E-state index contributed by atoms with van der Waals surface area (Å²) in [5.74, 6) is 0.564. The Kier molecular flexibility index (Phi) is 4.90. The molecule has 2 rings (SSSR count). The molecule has 0 saturated heterocycles. The predicted octanol–water partition coefficient (Wildman–Crippen LogP) is 4.00. The standard InChI is InChI=1S/C17H28N2O/c1-12(2)11-18-17(20)16-10-13(3)19(14(16)4)15-8-6-5-7-9-15/h10,12,15H,5-9,11H2,1-4H3,(H,18,20). The summed E-state index contributed by atoms with van der Waals surface area (Å²) in [7, 11) is 0. The summed E-state index contributed by atoms with van der Waals surface area (Å²) in [6, 6.07) is 2.65. The number of hydrogen-bond donors (Lipinski definition) is 1. The van der Waals surface area contributed by atoms with Crippen molar-refractivity contribution in [3.05, 3.63) is 23.0 Å². The van der Waals surface area contributed by atoms with E-state index in [2.05, 4.69) is 43.6 Å². The lowest BCUT2D eigenvalue weighted by Gasteiger charge is -2.26. The highest BCUT2D eigenvalue weighted by atomic mass is 16.1. The van der Waals surface area contributed by atoms with Crippen molar-refractivity contribution in [2.75, 3.05) is 6.54 Å². The Morgan fingerprint density at radius 1 is 1.30 bits per heavy atom. The molecule has 1 aromatic rings. The van der Waals surface area contributed by atoms with E-state index in [1.165, 1.54) is 37.8 Å². The number of aromatic nitrogens is 1. The van der Waals surface area contributed by atoms with Crippen LogP contribution in [0.4, 0.5) is 0 Å². The van der Waals surface area contributed by atoms with E-state index in [0.717, 1.165) is 17.8 Å². The van der Waals surface area contributed by atoms with Crippen molar-refractivity contribution in [2.24, 2.45) is 5.92 Å². The SMILES string of the molecule is Cc1cc(C(=O)NCC(C)C)c(C)n1C1CCCCC1. The van der Waals surface area contributed by atoms with Gasteiger partial charge in [-0.2, -0.15) is 0 Å². The van der Waals surface area contributed by atoms with Crippen molar-refractivity contribution < 1.29 is 4.79 Å². The van der Waals surface area contributed by atoms with Crippen LogP contribution in [-0.4, -0.2) is 17.0 Å². The summed E-state index contributed by atoms with van der Waals surface area (Å²) in [6.45, 7) is 9.19. The second kappa shape index (κ2) is 6.47. The van der Waals surface area contributed by atoms with Gasteiger partial charge in [0.2, 0.25) is 0 Å². The van der Waals surface area contributed by atoms with Crippen LogP contribution in [0.1, 0.15) is 73.7 Å². The van der Waals surface area contributed by atoms with E-state index in [-0.39, 0.29) is 5.91 Å². The number of rotatable bonds is 4. The van der Waals surface area contributed by atoms with Gasteiger partial charge in [0.25, 0.3) is 5.91 Å². The number of nitrogens with one attached hydrogen (secondary N) is 1. The van der Waals surface area contributed by atoms with Crippen LogP contribution in [0.3, 0.4) is 0 Å². The number of hydrogen-bond acceptors (Lipinski definition) is 1. The van der Waals surface area contributed by atoms with Crippen LogP contribution >= 0.6 is 0 Å². The number of aryl methyl sites for hydroxylation is 1. The third-order valence-electron chi connectivity index (χ3n) is 4.34. The summed E-state index contributed by atoms with van der Waals surface area (Å²) in [5, 5.41) is 3.03. The smallest absolute Gasteiger partial charge is 0.253 e. The Hall–Kier alpha value is -1.25. The van der Waals surface area contributed by atoms with E-state index < -0.39 is 0 Å². The largest absolute Gasteiger partial charge is 0.352 e. The van der Waals surface area contributed by atoms with Gasteiger partial charge < -0.3 is 9.88 Å². The highest BCUT2D eigenvalue weighted by Crippen LogP contribution is 2.32. The quantitative estimate of drug-likeness (QED) is 0.886. The monoisotopic (exact) mass is 276 g/mol. The van der Waals surface area contributed by atoms with Crippen molar-refractivity contribution in [1.82, 2.24) is 9.88 Å². The van der Waals surface area contributed by atoms with E-state index in [0.29, 0.717) is 12.0 Å². The zero-order valence-corrected chi connectivity index (χ0v) is 13.3. The van der Waals surface area contributed by atoms with Crippen LogP contribution in [-0.2, 0) is 0 Å². The molecule has 3 nitrogen and oxygen atoms in total. The molecular weight excluding hydrogens is 248 g/mol. The summed E-state index contributed by atoms with van der Waals surface area (Å²) < 4.78 is 2.39. The second-order valence-electron chi connectivity index (χ2n) is 6.55. The van der Waals surface area contributed by atoms with Gasteiger partial charge in [-0.25, -0.2) is 0 Å². The average Bonchev–Trinajstić information content (AvgIpc) is 2.72. The third-order valence-corrected chi connectivity index (χ3v) is 4.34. The van der Waals surface area contributed by atoms with E-state index in [9.17, 15) is 4.79 Å². The maximum Gasteiger partial charge on any atom is 0.253 e. The number of amides is 1. The fourth-order valence-electron chi connectivity index (χ4n) is 3.30. The molecule has 1 aromatic heterocycles. The van der Waals surface area contributed by atoms with Gasteiger partial charge in [0, 0.05) is 24.0 Å². The minimum absolute atomic E-state index is 0.0776. The minimum atomic E-state index is 0.0776. The van der Waals surface area contributed by atoms with Gasteiger partial charge in [-0.3, -0.25) is 4.79 Å². The maximum atomic E-state index is 12.3. The van der Waals surface area contributed by atoms with Crippen LogP contribution in [0, 0.1) is 19.8 Å². The number of nitrogens with zero attached hydrogens (tertiary/aromatic N) is 1. The Morgan fingerprint density at radius 3 is 2.55 bits per heavy atom. The summed E-state index contributed by atoms with van der Waals surface area (Å²) >= 11 is 0. The van der Waals surface area contributed by atoms with Gasteiger partial charge in [-0.1, -0.05) is 33.1 Å². The molecule has 112 valence electrons. The molecule has 0 spiro atoms. The maximum absolute atomic E-state index is 12.3. The Balaban J connectivity index is 2.17. The van der Waals surface area contributed by atoms with Gasteiger partial charge in [0.15, 0.2) is 0 Å². The van der Waals surface area contributed by atoms with Crippen LogP contribution in [0.25, 0.3) is 0 Å². The summed E-state index contributed by atoms with van der Waals surface area (Å²) in [6.07, 6.45) is 6.50. The van der Waals surface area contributed by atoms with Crippen LogP contribution in [0.15, 0.2) is 6.07 Å². The molecule has 1 amide bonds. The molecule has 20 heavy (non-hydrogen) atoms. The first-order valence-corrected chi connectivity index (χ1v) is 7.97. The Labute approximate surface area is 122 Å². The van der Waals surface area contributed by atoms with Crippen molar-refractivity contribution in [3.8, 4) is 0 Å². The average molecular weight is 276 g/mol. The summed E-state index contributed by atoms with van der Waals surface area (Å²) in [4.78, 5) is 12.3. The Morgan fingerprint density at radius 2 is 1.95 bits per heavy atom. The molecule has 1 aliphatic rings. The number of carbonyl (C=O) groups excluding carboxylic acids is 1. The molecule has 1 aliphatic carbocycles. The molecule has 3 heteroatoms. The van der Waals surface area contributed by atoms with E-state index >= 15 is 0 Å². The van der Waals surface area contributed by atoms with Crippen molar-refractivity contribution in [1.29, 1.82) is 0 Å². The highest BCUT2D eigenvalue weighted by molar-refractivity contribution is 5.95. The lowest BCUT2D eigenvalue weighted by atomic mass is 9.95. The van der Waals surface area contributed by atoms with Crippen molar-refractivity contribution in [2.45, 2.75) is 65.8 Å². The van der Waals surface area contributed by atoms with Gasteiger partial charge >= 0.3 is 0 Å².